The highest BCUT2D eigenvalue weighted by Crippen LogP contribution is 2.36. The van der Waals surface area contributed by atoms with Gasteiger partial charge < -0.3 is 9.88 Å². The molecule has 0 radical (unpaired) electrons. The van der Waals surface area contributed by atoms with E-state index in [1.54, 1.807) is 0 Å². The van der Waals surface area contributed by atoms with Crippen LogP contribution >= 0.6 is 0 Å². The Morgan fingerprint density at radius 3 is 3.00 bits per heavy atom. The molecule has 1 aromatic heterocycles. The van der Waals surface area contributed by atoms with Crippen molar-refractivity contribution in [2.24, 2.45) is 5.92 Å². The van der Waals surface area contributed by atoms with Crippen LogP contribution in [0, 0.1) is 5.92 Å². The summed E-state index contributed by atoms with van der Waals surface area (Å²) in [6, 6.07) is 0.715. The van der Waals surface area contributed by atoms with E-state index in [0.717, 1.165) is 19.0 Å². The molecule has 2 fully saturated rings. The molecule has 1 saturated carbocycles. The predicted molar refractivity (Wildman–Crippen MR) is 69.1 cm³/mol. The van der Waals surface area contributed by atoms with Crippen LogP contribution in [0.4, 0.5) is 0 Å². The maximum Gasteiger partial charge on any atom is 0.0950 e. The molecule has 17 heavy (non-hydrogen) atoms. The highest BCUT2D eigenvalue weighted by atomic mass is 15.1. The van der Waals surface area contributed by atoms with Gasteiger partial charge in [-0.3, -0.25) is 0 Å². The van der Waals surface area contributed by atoms with E-state index in [1.165, 1.54) is 37.8 Å². The molecule has 1 aliphatic carbocycles. The summed E-state index contributed by atoms with van der Waals surface area (Å²) in [5.41, 5.74) is 1.46. The topological polar surface area (TPSA) is 29.9 Å². The average molecular weight is 233 g/mol. The maximum atomic E-state index is 4.39. The van der Waals surface area contributed by atoms with E-state index in [2.05, 4.69) is 34.3 Å². The molecule has 2 atom stereocenters. The fraction of sp³-hybridized carbons (Fsp3) is 0.786. The Morgan fingerprint density at radius 2 is 2.29 bits per heavy atom. The molecular formula is C14H23N3. The van der Waals surface area contributed by atoms with Gasteiger partial charge in [0.1, 0.15) is 0 Å². The summed E-state index contributed by atoms with van der Waals surface area (Å²) in [6.45, 7) is 4.60. The molecule has 94 valence electrons. The zero-order chi connectivity index (χ0) is 11.7. The second-order valence-corrected chi connectivity index (χ2v) is 5.68. The molecule has 3 heteroatoms. The number of nitrogens with one attached hydrogen (secondary N) is 1. The lowest BCUT2D eigenvalue weighted by molar-refractivity contribution is 0.252. The third-order valence-electron chi connectivity index (χ3n) is 4.62. The number of hydrogen-bond acceptors (Lipinski definition) is 2. The summed E-state index contributed by atoms with van der Waals surface area (Å²) < 4.78 is 2.48. The van der Waals surface area contributed by atoms with Crippen molar-refractivity contribution in [2.45, 2.75) is 51.0 Å². The van der Waals surface area contributed by atoms with Crippen LogP contribution in [-0.2, 0) is 0 Å². The normalized spacial score (nSPS) is 30.2. The zero-order valence-electron chi connectivity index (χ0n) is 10.7. The Hall–Kier alpha value is -0.830. The number of rotatable bonds is 3. The highest BCUT2D eigenvalue weighted by Gasteiger charge is 2.27. The van der Waals surface area contributed by atoms with Crippen LogP contribution < -0.4 is 5.32 Å². The highest BCUT2D eigenvalue weighted by molar-refractivity contribution is 5.13. The van der Waals surface area contributed by atoms with Crippen LogP contribution in [0.15, 0.2) is 12.5 Å². The molecule has 2 aliphatic rings. The van der Waals surface area contributed by atoms with Gasteiger partial charge in [-0.25, -0.2) is 4.98 Å². The van der Waals surface area contributed by atoms with Gasteiger partial charge in [-0.05, 0) is 18.8 Å². The number of hydrogen-bond donors (Lipinski definition) is 1. The molecule has 0 amide bonds. The van der Waals surface area contributed by atoms with Crippen molar-refractivity contribution in [3.63, 3.8) is 0 Å². The Bertz CT molecular complexity index is 367. The first-order valence-electron chi connectivity index (χ1n) is 7.11. The summed E-state index contributed by atoms with van der Waals surface area (Å²) in [7, 11) is 0. The third kappa shape index (κ3) is 2.13. The smallest absolute Gasteiger partial charge is 0.0950 e. The molecule has 3 nitrogen and oxygen atoms in total. The SMILES string of the molecule is CCC1CCCC(n2cncc2C2CNC2)C1. The predicted octanol–water partition coefficient (Wildman–Crippen LogP) is 2.71. The van der Waals surface area contributed by atoms with Crippen molar-refractivity contribution >= 4 is 0 Å². The Labute approximate surface area is 104 Å². The molecule has 1 N–H and O–H groups in total. The number of nitrogens with zero attached hydrogens (tertiary/aromatic N) is 2. The van der Waals surface area contributed by atoms with E-state index >= 15 is 0 Å². The van der Waals surface area contributed by atoms with Crippen LogP contribution in [0.2, 0.25) is 0 Å². The minimum atomic E-state index is 0.708. The largest absolute Gasteiger partial charge is 0.331 e. The Balaban J connectivity index is 1.76. The fourth-order valence-corrected chi connectivity index (χ4v) is 3.32. The summed E-state index contributed by atoms with van der Waals surface area (Å²) >= 11 is 0. The second kappa shape index (κ2) is 4.81. The fourth-order valence-electron chi connectivity index (χ4n) is 3.32. The molecule has 0 spiro atoms. The van der Waals surface area contributed by atoms with Crippen molar-refractivity contribution in [3.05, 3.63) is 18.2 Å². The molecule has 1 saturated heterocycles. The first-order chi connectivity index (χ1) is 8.38. The van der Waals surface area contributed by atoms with Crippen molar-refractivity contribution in [1.82, 2.24) is 14.9 Å². The first kappa shape index (κ1) is 11.3. The first-order valence-corrected chi connectivity index (χ1v) is 7.11. The molecule has 0 aromatic carbocycles. The van der Waals surface area contributed by atoms with Gasteiger partial charge in [-0.2, -0.15) is 0 Å². The van der Waals surface area contributed by atoms with Gasteiger partial charge >= 0.3 is 0 Å². The Kier molecular flexibility index (Phi) is 3.19. The van der Waals surface area contributed by atoms with Gasteiger partial charge in [0.15, 0.2) is 0 Å². The molecule has 0 bridgehead atoms. The minimum Gasteiger partial charge on any atom is -0.331 e. The Morgan fingerprint density at radius 1 is 1.41 bits per heavy atom. The van der Waals surface area contributed by atoms with E-state index in [1.807, 2.05) is 0 Å². The van der Waals surface area contributed by atoms with E-state index in [0.29, 0.717) is 12.0 Å². The quantitative estimate of drug-likeness (QED) is 0.870. The van der Waals surface area contributed by atoms with Gasteiger partial charge in [0.2, 0.25) is 0 Å². The molecule has 3 rings (SSSR count). The number of aromatic nitrogens is 2. The van der Waals surface area contributed by atoms with Crippen LogP contribution in [0.3, 0.4) is 0 Å². The van der Waals surface area contributed by atoms with Gasteiger partial charge in [0.05, 0.1) is 6.33 Å². The summed E-state index contributed by atoms with van der Waals surface area (Å²) in [5, 5.41) is 3.36. The van der Waals surface area contributed by atoms with Crippen molar-refractivity contribution in [1.29, 1.82) is 0 Å². The lowest BCUT2D eigenvalue weighted by atomic mass is 9.83. The van der Waals surface area contributed by atoms with Gasteiger partial charge in [-0.15, -0.1) is 0 Å². The summed E-state index contributed by atoms with van der Waals surface area (Å²) in [6.07, 6.45) is 11.0. The molecule has 1 aliphatic heterocycles. The molecule has 1 aromatic rings. The molecular weight excluding hydrogens is 210 g/mol. The van der Waals surface area contributed by atoms with Gasteiger partial charge in [0, 0.05) is 36.9 Å². The van der Waals surface area contributed by atoms with Crippen molar-refractivity contribution in [3.8, 4) is 0 Å². The van der Waals surface area contributed by atoms with Crippen LogP contribution in [-0.4, -0.2) is 22.6 Å². The third-order valence-corrected chi connectivity index (χ3v) is 4.62. The molecule has 2 heterocycles. The maximum absolute atomic E-state index is 4.39. The van der Waals surface area contributed by atoms with E-state index in [9.17, 15) is 0 Å². The zero-order valence-corrected chi connectivity index (χ0v) is 10.7. The lowest BCUT2D eigenvalue weighted by Crippen LogP contribution is -2.41. The lowest BCUT2D eigenvalue weighted by Gasteiger charge is -2.34. The second-order valence-electron chi connectivity index (χ2n) is 5.68. The van der Waals surface area contributed by atoms with Crippen LogP contribution in [0.5, 0.6) is 0 Å². The van der Waals surface area contributed by atoms with Crippen molar-refractivity contribution in [2.75, 3.05) is 13.1 Å². The minimum absolute atomic E-state index is 0.708. The van der Waals surface area contributed by atoms with Gasteiger partial charge in [0.25, 0.3) is 0 Å². The van der Waals surface area contributed by atoms with E-state index in [4.69, 9.17) is 0 Å². The summed E-state index contributed by atoms with van der Waals surface area (Å²) in [4.78, 5) is 4.39. The monoisotopic (exact) mass is 233 g/mol. The van der Waals surface area contributed by atoms with Crippen LogP contribution in [0.25, 0.3) is 0 Å². The summed E-state index contributed by atoms with van der Waals surface area (Å²) in [5.74, 6) is 1.64. The van der Waals surface area contributed by atoms with Crippen LogP contribution in [0.1, 0.15) is 56.7 Å². The average Bonchev–Trinajstić information content (AvgIpc) is 2.76. The van der Waals surface area contributed by atoms with Gasteiger partial charge in [-0.1, -0.05) is 26.2 Å². The van der Waals surface area contributed by atoms with E-state index in [-0.39, 0.29) is 0 Å². The van der Waals surface area contributed by atoms with Crippen molar-refractivity contribution < 1.29 is 0 Å². The number of imidazole rings is 1. The standard InChI is InChI=1S/C14H23N3/c1-2-11-4-3-5-13(6-11)17-10-16-9-14(17)12-7-15-8-12/h9-13,15H,2-8H2,1H3. The van der Waals surface area contributed by atoms with E-state index < -0.39 is 0 Å². The molecule has 2 unspecified atom stereocenters.